The van der Waals surface area contributed by atoms with Crippen molar-refractivity contribution in [2.24, 2.45) is 0 Å². The molecule has 2 aromatic carbocycles. The number of anilines is 1. The zero-order chi connectivity index (χ0) is 18.8. The fourth-order valence-corrected chi connectivity index (χ4v) is 2.10. The van der Waals surface area contributed by atoms with Crippen molar-refractivity contribution in [2.75, 3.05) is 32.2 Å². The second kappa shape index (κ2) is 10.0. The minimum absolute atomic E-state index is 0.272. The van der Waals surface area contributed by atoms with Crippen molar-refractivity contribution in [1.82, 2.24) is 0 Å². The molecule has 0 aliphatic carbocycles. The number of methoxy groups -OCH3 is 1. The van der Waals surface area contributed by atoms with Crippen molar-refractivity contribution in [1.29, 1.82) is 0 Å². The van der Waals surface area contributed by atoms with Crippen molar-refractivity contribution in [3.05, 3.63) is 54.1 Å². The lowest BCUT2D eigenvalue weighted by molar-refractivity contribution is -0.139. The summed E-state index contributed by atoms with van der Waals surface area (Å²) in [5.74, 6) is -0.290. The third-order valence-corrected chi connectivity index (χ3v) is 3.33. The van der Waals surface area contributed by atoms with Gasteiger partial charge in [-0.1, -0.05) is 6.07 Å². The molecule has 0 radical (unpaired) electrons. The second-order valence-electron chi connectivity index (χ2n) is 5.38. The van der Waals surface area contributed by atoms with Gasteiger partial charge in [0.2, 0.25) is 0 Å². The van der Waals surface area contributed by atoms with Crippen LogP contribution < -0.4 is 14.8 Å². The lowest BCUT2D eigenvalue weighted by Gasteiger charge is -2.09. The van der Waals surface area contributed by atoms with Gasteiger partial charge in [-0.3, -0.25) is 4.79 Å². The highest BCUT2D eigenvalue weighted by molar-refractivity contribution is 6.04. The highest BCUT2D eigenvalue weighted by Gasteiger charge is 2.08. The number of carbonyl (C=O) groups is 2. The minimum atomic E-state index is -1.05. The van der Waals surface area contributed by atoms with E-state index in [1.807, 2.05) is 0 Å². The van der Waals surface area contributed by atoms with Crippen molar-refractivity contribution < 1.29 is 28.9 Å². The second-order valence-corrected chi connectivity index (χ2v) is 5.38. The highest BCUT2D eigenvalue weighted by Crippen LogP contribution is 2.18. The Balaban J connectivity index is 1.91. The normalized spacial score (nSPS) is 10.2. The molecule has 0 saturated heterocycles. The van der Waals surface area contributed by atoms with Gasteiger partial charge < -0.3 is 24.6 Å². The number of hydrogen-bond donors (Lipinski definition) is 2. The highest BCUT2D eigenvalue weighted by atomic mass is 16.5. The molecule has 2 rings (SSSR count). The number of nitrogens with one attached hydrogen (secondary N) is 1. The maximum absolute atomic E-state index is 12.3. The van der Waals surface area contributed by atoms with Crippen LogP contribution >= 0.6 is 0 Å². The Hall–Kier alpha value is -3.06. The molecule has 138 valence electrons. The van der Waals surface area contributed by atoms with E-state index < -0.39 is 12.6 Å². The molecular weight excluding hydrogens is 338 g/mol. The third kappa shape index (κ3) is 6.45. The molecule has 2 N–H and O–H groups in total. The van der Waals surface area contributed by atoms with Crippen molar-refractivity contribution >= 4 is 17.6 Å². The van der Waals surface area contributed by atoms with Crippen LogP contribution in [0.25, 0.3) is 0 Å². The van der Waals surface area contributed by atoms with Crippen LogP contribution in [0.15, 0.2) is 48.5 Å². The van der Waals surface area contributed by atoms with Crippen LogP contribution in [0.5, 0.6) is 11.5 Å². The molecule has 1 amide bonds. The molecule has 26 heavy (non-hydrogen) atoms. The van der Waals surface area contributed by atoms with E-state index in [0.29, 0.717) is 36.0 Å². The first-order valence-corrected chi connectivity index (χ1v) is 8.06. The van der Waals surface area contributed by atoms with E-state index in [2.05, 4.69) is 5.32 Å². The summed E-state index contributed by atoms with van der Waals surface area (Å²) in [5.41, 5.74) is 1.05. The monoisotopic (exact) mass is 359 g/mol. The largest absolute Gasteiger partial charge is 0.493 e. The van der Waals surface area contributed by atoms with Gasteiger partial charge in [-0.15, -0.1) is 0 Å². The van der Waals surface area contributed by atoms with Gasteiger partial charge in [-0.05, 0) is 42.5 Å². The molecule has 0 bridgehead atoms. The smallest absolute Gasteiger partial charge is 0.341 e. The Morgan fingerprint density at radius 2 is 1.77 bits per heavy atom. The number of ether oxygens (including phenoxy) is 3. The molecule has 0 aliphatic rings. The molecule has 2 aromatic rings. The summed E-state index contributed by atoms with van der Waals surface area (Å²) >= 11 is 0. The number of benzene rings is 2. The van der Waals surface area contributed by atoms with Crippen LogP contribution in [-0.4, -0.2) is 43.9 Å². The third-order valence-electron chi connectivity index (χ3n) is 3.33. The van der Waals surface area contributed by atoms with E-state index in [-0.39, 0.29) is 5.91 Å². The lowest BCUT2D eigenvalue weighted by atomic mass is 10.2. The summed E-state index contributed by atoms with van der Waals surface area (Å²) < 4.78 is 15.6. The van der Waals surface area contributed by atoms with Gasteiger partial charge in [0.25, 0.3) is 5.91 Å². The van der Waals surface area contributed by atoms with Gasteiger partial charge in [0, 0.05) is 31.4 Å². The maximum atomic E-state index is 12.3. The summed E-state index contributed by atoms with van der Waals surface area (Å²) in [7, 11) is 1.63. The molecule has 0 spiro atoms. The van der Waals surface area contributed by atoms with E-state index in [1.54, 1.807) is 55.6 Å². The molecule has 7 heteroatoms. The van der Waals surface area contributed by atoms with Gasteiger partial charge in [-0.25, -0.2) is 4.79 Å². The van der Waals surface area contributed by atoms with Crippen LogP contribution in [-0.2, 0) is 9.53 Å². The predicted octanol–water partition coefficient (Wildman–Crippen LogP) is 2.82. The topological polar surface area (TPSA) is 94.1 Å². The number of carbonyl (C=O) groups excluding carboxylic acids is 1. The van der Waals surface area contributed by atoms with Gasteiger partial charge in [0.05, 0.1) is 6.61 Å². The lowest BCUT2D eigenvalue weighted by Crippen LogP contribution is -2.12. The van der Waals surface area contributed by atoms with Gasteiger partial charge >= 0.3 is 5.97 Å². The Kier molecular flexibility index (Phi) is 7.45. The Morgan fingerprint density at radius 1 is 1.00 bits per heavy atom. The first-order valence-electron chi connectivity index (χ1n) is 8.06. The van der Waals surface area contributed by atoms with Crippen LogP contribution in [0.2, 0.25) is 0 Å². The summed E-state index contributed by atoms with van der Waals surface area (Å²) in [6, 6.07) is 13.4. The standard InChI is InChI=1S/C19H21NO6/c1-24-10-3-11-25-17-5-2-4-14(12-17)19(23)20-15-6-8-16(9-7-15)26-13-18(21)22/h2,4-9,12H,3,10-11,13H2,1H3,(H,20,23)(H,21,22). The number of rotatable bonds is 10. The van der Waals surface area contributed by atoms with E-state index in [1.165, 1.54) is 0 Å². The average Bonchev–Trinajstić information content (AvgIpc) is 2.65. The number of amides is 1. The summed E-state index contributed by atoms with van der Waals surface area (Å²) in [6.07, 6.45) is 0.767. The average molecular weight is 359 g/mol. The first-order chi connectivity index (χ1) is 12.6. The van der Waals surface area contributed by atoms with Crippen molar-refractivity contribution in [2.45, 2.75) is 6.42 Å². The van der Waals surface area contributed by atoms with E-state index >= 15 is 0 Å². The summed E-state index contributed by atoms with van der Waals surface area (Å²) in [6.45, 7) is 0.714. The first kappa shape index (κ1) is 19.3. The van der Waals surface area contributed by atoms with E-state index in [4.69, 9.17) is 19.3 Å². The van der Waals surface area contributed by atoms with Crippen molar-refractivity contribution in [3.8, 4) is 11.5 Å². The summed E-state index contributed by atoms with van der Waals surface area (Å²) in [4.78, 5) is 22.8. The molecule has 0 unspecified atom stereocenters. The fourth-order valence-electron chi connectivity index (χ4n) is 2.10. The zero-order valence-corrected chi connectivity index (χ0v) is 14.4. The van der Waals surface area contributed by atoms with E-state index in [9.17, 15) is 9.59 Å². The molecule has 0 aliphatic heterocycles. The van der Waals surface area contributed by atoms with Crippen LogP contribution in [0.4, 0.5) is 5.69 Å². The fraction of sp³-hybridized carbons (Fsp3) is 0.263. The molecule has 0 atom stereocenters. The minimum Gasteiger partial charge on any atom is -0.493 e. The number of carboxylic acid groups (broad SMARTS) is 1. The predicted molar refractivity (Wildman–Crippen MR) is 96.0 cm³/mol. The number of hydrogen-bond acceptors (Lipinski definition) is 5. The van der Waals surface area contributed by atoms with Crippen LogP contribution in [0.3, 0.4) is 0 Å². The quantitative estimate of drug-likeness (QED) is 0.634. The molecule has 0 saturated carbocycles. The summed E-state index contributed by atoms with van der Waals surface area (Å²) in [5, 5.41) is 11.3. The molecule has 0 fully saturated rings. The van der Waals surface area contributed by atoms with Crippen molar-refractivity contribution in [3.63, 3.8) is 0 Å². The van der Waals surface area contributed by atoms with Gasteiger partial charge in [0.1, 0.15) is 11.5 Å². The van der Waals surface area contributed by atoms with Gasteiger partial charge in [-0.2, -0.15) is 0 Å². The zero-order valence-electron chi connectivity index (χ0n) is 14.4. The van der Waals surface area contributed by atoms with E-state index in [0.717, 1.165) is 6.42 Å². The van der Waals surface area contributed by atoms with Crippen LogP contribution in [0, 0.1) is 0 Å². The SMILES string of the molecule is COCCCOc1cccc(C(=O)Nc2ccc(OCC(=O)O)cc2)c1. The Labute approximate surface area is 151 Å². The molecule has 0 heterocycles. The molecule has 7 nitrogen and oxygen atoms in total. The Bertz CT molecular complexity index is 729. The maximum Gasteiger partial charge on any atom is 0.341 e. The Morgan fingerprint density at radius 3 is 2.46 bits per heavy atom. The molecular formula is C19H21NO6. The van der Waals surface area contributed by atoms with Gasteiger partial charge in [0.15, 0.2) is 6.61 Å². The molecule has 0 aromatic heterocycles. The van der Waals surface area contributed by atoms with Crippen LogP contribution in [0.1, 0.15) is 16.8 Å². The number of aliphatic carboxylic acids is 1. The number of carboxylic acids is 1.